The predicted molar refractivity (Wildman–Crippen MR) is 93.6 cm³/mol. The summed E-state index contributed by atoms with van der Waals surface area (Å²) in [6.07, 6.45) is 2.61. The highest BCUT2D eigenvalue weighted by Gasteiger charge is 2.24. The van der Waals surface area contributed by atoms with Crippen LogP contribution < -0.4 is 10.1 Å². The molecule has 2 saturated heterocycles. The van der Waals surface area contributed by atoms with Crippen LogP contribution in [0.2, 0.25) is 0 Å². The van der Waals surface area contributed by atoms with Gasteiger partial charge in [0.2, 0.25) is 5.91 Å². The van der Waals surface area contributed by atoms with Crippen molar-refractivity contribution in [3.05, 3.63) is 24.3 Å². The summed E-state index contributed by atoms with van der Waals surface area (Å²) in [6, 6.07) is 6.21. The highest BCUT2D eigenvalue weighted by molar-refractivity contribution is 5.93. The molecule has 2 aliphatic rings. The van der Waals surface area contributed by atoms with Crippen LogP contribution in [-0.4, -0.2) is 74.3 Å². The Labute approximate surface area is 152 Å². The lowest BCUT2D eigenvalue weighted by Gasteiger charge is -2.35. The molecule has 1 aromatic rings. The van der Waals surface area contributed by atoms with E-state index in [9.17, 15) is 13.6 Å². The molecule has 2 fully saturated rings. The number of piperazine rings is 1. The van der Waals surface area contributed by atoms with E-state index in [0.717, 1.165) is 52.2 Å². The van der Waals surface area contributed by atoms with Crippen LogP contribution in [0.4, 0.5) is 14.5 Å². The monoisotopic (exact) mass is 369 g/mol. The number of alkyl halides is 2. The van der Waals surface area contributed by atoms with Gasteiger partial charge in [0.05, 0.1) is 18.3 Å². The molecule has 2 heterocycles. The zero-order valence-electron chi connectivity index (χ0n) is 14.7. The van der Waals surface area contributed by atoms with Gasteiger partial charge in [0, 0.05) is 39.3 Å². The van der Waals surface area contributed by atoms with Crippen molar-refractivity contribution in [1.82, 2.24) is 9.80 Å². The normalized spacial score (nSPS) is 21.9. The molecule has 1 amide bonds. The quantitative estimate of drug-likeness (QED) is 0.797. The number of benzene rings is 1. The Morgan fingerprint density at radius 1 is 1.23 bits per heavy atom. The molecule has 144 valence electrons. The van der Waals surface area contributed by atoms with Crippen LogP contribution in [0.25, 0.3) is 0 Å². The van der Waals surface area contributed by atoms with Crippen molar-refractivity contribution in [2.75, 3.05) is 51.2 Å². The van der Waals surface area contributed by atoms with Crippen LogP contribution in [0.1, 0.15) is 12.8 Å². The van der Waals surface area contributed by atoms with Crippen molar-refractivity contribution in [3.8, 4) is 5.75 Å². The second kappa shape index (κ2) is 9.25. The molecule has 0 aliphatic carbocycles. The van der Waals surface area contributed by atoms with E-state index < -0.39 is 6.61 Å². The lowest BCUT2D eigenvalue weighted by Crippen LogP contribution is -2.50. The molecule has 8 heteroatoms. The second-order valence-corrected chi connectivity index (χ2v) is 6.63. The van der Waals surface area contributed by atoms with E-state index in [1.54, 1.807) is 18.2 Å². The third-order valence-electron chi connectivity index (χ3n) is 4.70. The lowest BCUT2D eigenvalue weighted by molar-refractivity contribution is -0.117. The van der Waals surface area contributed by atoms with Crippen LogP contribution in [0.3, 0.4) is 0 Å². The fraction of sp³-hybridized carbons (Fsp3) is 0.611. The SMILES string of the molecule is O=C(CN1CCN(CC2CCCO2)CC1)Nc1ccccc1OC(F)F. The van der Waals surface area contributed by atoms with E-state index in [1.165, 1.54) is 6.07 Å². The average Bonchev–Trinajstić information content (AvgIpc) is 3.11. The van der Waals surface area contributed by atoms with E-state index in [2.05, 4.69) is 19.9 Å². The number of halogens is 2. The third kappa shape index (κ3) is 5.62. The highest BCUT2D eigenvalue weighted by Crippen LogP contribution is 2.25. The fourth-order valence-electron chi connectivity index (χ4n) is 3.37. The molecular weight excluding hydrogens is 344 g/mol. The van der Waals surface area contributed by atoms with E-state index >= 15 is 0 Å². The summed E-state index contributed by atoms with van der Waals surface area (Å²) in [5.41, 5.74) is 0.259. The first-order chi connectivity index (χ1) is 12.6. The van der Waals surface area contributed by atoms with Crippen molar-refractivity contribution >= 4 is 11.6 Å². The summed E-state index contributed by atoms with van der Waals surface area (Å²) in [5, 5.41) is 2.66. The van der Waals surface area contributed by atoms with Crippen molar-refractivity contribution < 1.29 is 23.0 Å². The molecule has 1 unspecified atom stereocenters. The Hall–Kier alpha value is -1.77. The predicted octanol–water partition coefficient (Wildman–Crippen LogP) is 2.02. The minimum Gasteiger partial charge on any atom is -0.433 e. The van der Waals surface area contributed by atoms with Gasteiger partial charge < -0.3 is 14.8 Å². The number of ether oxygens (including phenoxy) is 2. The zero-order valence-corrected chi connectivity index (χ0v) is 14.7. The zero-order chi connectivity index (χ0) is 18.4. The molecule has 26 heavy (non-hydrogen) atoms. The number of carbonyl (C=O) groups is 1. The maximum Gasteiger partial charge on any atom is 0.387 e. The summed E-state index contributed by atoms with van der Waals surface area (Å²) < 4.78 is 35.0. The maximum absolute atomic E-state index is 12.4. The first-order valence-corrected chi connectivity index (χ1v) is 9.00. The largest absolute Gasteiger partial charge is 0.433 e. The van der Waals surface area contributed by atoms with Crippen molar-refractivity contribution in [1.29, 1.82) is 0 Å². The van der Waals surface area contributed by atoms with Gasteiger partial charge >= 0.3 is 6.61 Å². The van der Waals surface area contributed by atoms with Gasteiger partial charge in [-0.2, -0.15) is 8.78 Å². The molecule has 2 aliphatic heterocycles. The molecule has 1 aromatic carbocycles. The first kappa shape index (κ1) is 19.0. The maximum atomic E-state index is 12.4. The molecule has 1 atom stereocenters. The van der Waals surface area contributed by atoms with Gasteiger partial charge in [0.15, 0.2) is 0 Å². The number of carbonyl (C=O) groups excluding carboxylic acids is 1. The van der Waals surface area contributed by atoms with Crippen LogP contribution in [0.15, 0.2) is 24.3 Å². The molecule has 1 N–H and O–H groups in total. The molecule has 0 saturated carbocycles. The van der Waals surface area contributed by atoms with Crippen LogP contribution in [0.5, 0.6) is 5.75 Å². The fourth-order valence-corrected chi connectivity index (χ4v) is 3.37. The Morgan fingerprint density at radius 2 is 1.96 bits per heavy atom. The summed E-state index contributed by atoms with van der Waals surface area (Å²) >= 11 is 0. The van der Waals surface area contributed by atoms with Crippen molar-refractivity contribution in [2.45, 2.75) is 25.6 Å². The number of para-hydroxylation sites is 2. The third-order valence-corrected chi connectivity index (χ3v) is 4.70. The summed E-state index contributed by atoms with van der Waals surface area (Å²) in [4.78, 5) is 16.7. The average molecular weight is 369 g/mol. The van der Waals surface area contributed by atoms with Crippen LogP contribution >= 0.6 is 0 Å². The van der Waals surface area contributed by atoms with Gasteiger partial charge in [-0.25, -0.2) is 0 Å². The minimum atomic E-state index is -2.93. The number of anilines is 1. The van der Waals surface area contributed by atoms with Crippen molar-refractivity contribution in [2.24, 2.45) is 0 Å². The molecular formula is C18H25F2N3O3. The minimum absolute atomic E-state index is 0.0303. The Kier molecular flexibility index (Phi) is 6.76. The van der Waals surface area contributed by atoms with Gasteiger partial charge in [-0.1, -0.05) is 12.1 Å². The summed E-state index contributed by atoms with van der Waals surface area (Å²) in [7, 11) is 0. The van der Waals surface area contributed by atoms with E-state index in [1.807, 2.05) is 0 Å². The summed E-state index contributed by atoms with van der Waals surface area (Å²) in [6.45, 7) is 2.53. The Balaban J connectivity index is 1.43. The van der Waals surface area contributed by atoms with Gasteiger partial charge in [-0.3, -0.25) is 14.6 Å². The molecule has 6 nitrogen and oxygen atoms in total. The molecule has 0 bridgehead atoms. The number of rotatable bonds is 7. The summed E-state index contributed by atoms with van der Waals surface area (Å²) in [5.74, 6) is -0.264. The Morgan fingerprint density at radius 3 is 2.65 bits per heavy atom. The molecule has 0 radical (unpaired) electrons. The number of hydrogen-bond acceptors (Lipinski definition) is 5. The smallest absolute Gasteiger partial charge is 0.387 e. The number of hydrogen-bond donors (Lipinski definition) is 1. The Bertz CT molecular complexity index is 589. The van der Waals surface area contributed by atoms with E-state index in [4.69, 9.17) is 4.74 Å². The topological polar surface area (TPSA) is 54.0 Å². The van der Waals surface area contributed by atoms with Gasteiger partial charge in [-0.15, -0.1) is 0 Å². The number of nitrogens with zero attached hydrogens (tertiary/aromatic N) is 2. The molecule has 0 aromatic heterocycles. The first-order valence-electron chi connectivity index (χ1n) is 9.00. The van der Waals surface area contributed by atoms with Crippen LogP contribution in [-0.2, 0) is 9.53 Å². The second-order valence-electron chi connectivity index (χ2n) is 6.63. The molecule has 0 spiro atoms. The van der Waals surface area contributed by atoms with Crippen molar-refractivity contribution in [3.63, 3.8) is 0 Å². The van der Waals surface area contributed by atoms with E-state index in [-0.39, 0.29) is 23.9 Å². The lowest BCUT2D eigenvalue weighted by atomic mass is 10.2. The van der Waals surface area contributed by atoms with Gasteiger partial charge in [0.25, 0.3) is 0 Å². The standard InChI is InChI=1S/C18H25F2N3O3/c19-18(20)26-16-6-2-1-5-15(16)21-17(24)13-23-9-7-22(8-10-23)12-14-4-3-11-25-14/h1-2,5-6,14,18H,3-4,7-13H2,(H,21,24). The van der Waals surface area contributed by atoms with E-state index in [0.29, 0.717) is 6.10 Å². The highest BCUT2D eigenvalue weighted by atomic mass is 19.3. The molecule has 3 rings (SSSR count). The van der Waals surface area contributed by atoms with Gasteiger partial charge in [-0.05, 0) is 25.0 Å². The van der Waals surface area contributed by atoms with Gasteiger partial charge in [0.1, 0.15) is 5.75 Å². The number of nitrogens with one attached hydrogen (secondary N) is 1. The van der Waals surface area contributed by atoms with Crippen LogP contribution in [0, 0.1) is 0 Å². The number of amides is 1.